The minimum Gasteiger partial charge on any atom is -0.481 e. The largest absolute Gasteiger partial charge is 0.481 e. The van der Waals surface area contributed by atoms with Crippen molar-refractivity contribution in [2.45, 2.75) is 45.6 Å². The number of hydrogen-bond acceptors (Lipinski definition) is 7. The van der Waals surface area contributed by atoms with E-state index in [0.717, 1.165) is 25.3 Å². The molecule has 0 aliphatic rings. The predicted molar refractivity (Wildman–Crippen MR) is 108 cm³/mol. The van der Waals surface area contributed by atoms with E-state index < -0.39 is 18.0 Å². The zero-order valence-electron chi connectivity index (χ0n) is 16.4. The third-order valence-corrected chi connectivity index (χ3v) is 2.84. The number of amides is 1. The van der Waals surface area contributed by atoms with Crippen LogP contribution in [0.3, 0.4) is 0 Å². The van der Waals surface area contributed by atoms with Crippen LogP contribution in [0.25, 0.3) is 0 Å². The molecule has 28 heavy (non-hydrogen) atoms. The number of hydrogen-bond donors (Lipinski definition) is 6. The molecule has 0 aliphatic heterocycles. The minimum atomic E-state index is -0.955. The van der Waals surface area contributed by atoms with Crippen LogP contribution < -0.4 is 22.9 Å². The molecule has 0 heterocycles. The van der Waals surface area contributed by atoms with E-state index >= 15 is 0 Å². The molecule has 0 aliphatic carbocycles. The van der Waals surface area contributed by atoms with Crippen molar-refractivity contribution in [3.8, 4) is 0 Å². The molecule has 10 heteroatoms. The number of carbonyl (C=O) groups is 4. The number of nitrogens with one attached hydrogen (secondary N) is 1. The van der Waals surface area contributed by atoms with E-state index in [0.29, 0.717) is 31.4 Å². The summed E-state index contributed by atoms with van der Waals surface area (Å²) in [7, 11) is 0. The molecule has 0 fully saturated rings. The fourth-order valence-electron chi connectivity index (χ4n) is 1.56. The normalized spacial score (nSPS) is 9.86. The van der Waals surface area contributed by atoms with Gasteiger partial charge < -0.3 is 33.1 Å². The van der Waals surface area contributed by atoms with Gasteiger partial charge in [-0.3, -0.25) is 19.2 Å². The Bertz CT molecular complexity index is 574. The van der Waals surface area contributed by atoms with E-state index in [4.69, 9.17) is 26.5 Å². The van der Waals surface area contributed by atoms with E-state index in [1.807, 2.05) is 6.92 Å². The maximum absolute atomic E-state index is 11.2. The average Bonchev–Trinajstić information content (AvgIpc) is 2.60. The molecule has 0 saturated heterocycles. The van der Waals surface area contributed by atoms with E-state index in [1.54, 1.807) is 24.3 Å². The highest BCUT2D eigenvalue weighted by atomic mass is 16.4. The lowest BCUT2D eigenvalue weighted by Crippen LogP contribution is -2.30. The van der Waals surface area contributed by atoms with Gasteiger partial charge in [0, 0.05) is 24.6 Å². The van der Waals surface area contributed by atoms with Crippen LogP contribution in [0.1, 0.15) is 49.9 Å². The summed E-state index contributed by atoms with van der Waals surface area (Å²) >= 11 is 0. The molecular formula is C18H32N4O6. The van der Waals surface area contributed by atoms with Gasteiger partial charge in [-0.25, -0.2) is 0 Å². The first kappa shape index (κ1) is 29.9. The fourth-order valence-corrected chi connectivity index (χ4v) is 1.56. The maximum atomic E-state index is 11.2. The predicted octanol–water partition coefficient (Wildman–Crippen LogP) is 1.63. The summed E-state index contributed by atoms with van der Waals surface area (Å²) in [6.45, 7) is 3.54. The van der Waals surface area contributed by atoms with Crippen LogP contribution in [-0.2, 0) is 14.4 Å². The molecule has 1 atom stereocenters. The second kappa shape index (κ2) is 19.0. The molecule has 10 nitrogen and oxygen atoms in total. The van der Waals surface area contributed by atoms with E-state index in [1.165, 1.54) is 0 Å². The lowest BCUT2D eigenvalue weighted by Gasteiger charge is -2.03. The maximum Gasteiger partial charge on any atom is 0.320 e. The summed E-state index contributed by atoms with van der Waals surface area (Å²) in [6, 6.07) is 6.05. The number of aldehydes is 1. The molecule has 0 radical (unpaired) electrons. The van der Waals surface area contributed by atoms with Gasteiger partial charge in [-0.1, -0.05) is 6.92 Å². The first-order valence-corrected chi connectivity index (χ1v) is 8.40. The monoisotopic (exact) mass is 400 g/mol. The van der Waals surface area contributed by atoms with Crippen molar-refractivity contribution in [3.63, 3.8) is 0 Å². The number of nitrogens with two attached hydrogens (primary N) is 2. The second-order valence-electron chi connectivity index (χ2n) is 5.43. The molecule has 0 saturated carbocycles. The Morgan fingerprint density at radius 2 is 1.68 bits per heavy atom. The number of rotatable bonds is 8. The smallest absolute Gasteiger partial charge is 0.320 e. The quantitative estimate of drug-likeness (QED) is 0.350. The Morgan fingerprint density at radius 1 is 1.18 bits per heavy atom. The summed E-state index contributed by atoms with van der Waals surface area (Å²) in [6.07, 6.45) is 3.27. The van der Waals surface area contributed by atoms with Crippen LogP contribution in [0.4, 0.5) is 5.69 Å². The fraction of sp³-hybridized carbons (Fsp3) is 0.444. The van der Waals surface area contributed by atoms with E-state index in [-0.39, 0.29) is 12.1 Å². The Hall–Kier alpha value is -2.82. The van der Waals surface area contributed by atoms with Gasteiger partial charge in [-0.15, -0.1) is 0 Å². The van der Waals surface area contributed by atoms with Gasteiger partial charge in [0.2, 0.25) is 5.91 Å². The minimum absolute atomic E-state index is 0. The summed E-state index contributed by atoms with van der Waals surface area (Å²) in [4.78, 5) is 40.6. The Kier molecular flexibility index (Phi) is 20.3. The van der Waals surface area contributed by atoms with Crippen molar-refractivity contribution >= 4 is 29.8 Å². The van der Waals surface area contributed by atoms with Gasteiger partial charge in [-0.05, 0) is 50.1 Å². The molecule has 1 amide bonds. The molecule has 1 aromatic rings. The number of aliphatic carboxylic acids is 2. The number of carboxylic acids is 2. The molecule has 10 N–H and O–H groups in total. The number of anilines is 1. The average molecular weight is 400 g/mol. The zero-order chi connectivity index (χ0) is 21.2. The highest BCUT2D eigenvalue weighted by Crippen LogP contribution is 2.08. The molecule has 0 bridgehead atoms. The third kappa shape index (κ3) is 19.5. The van der Waals surface area contributed by atoms with Gasteiger partial charge in [-0.2, -0.15) is 0 Å². The van der Waals surface area contributed by atoms with Crippen molar-refractivity contribution < 1.29 is 29.4 Å². The summed E-state index contributed by atoms with van der Waals surface area (Å²) in [5.74, 6) is -1.78. The Morgan fingerprint density at radius 3 is 2.04 bits per heavy atom. The first-order chi connectivity index (χ1) is 12.7. The van der Waals surface area contributed by atoms with Crippen LogP contribution >= 0.6 is 0 Å². The van der Waals surface area contributed by atoms with Crippen LogP contribution in [0.15, 0.2) is 24.3 Å². The van der Waals surface area contributed by atoms with Crippen molar-refractivity contribution in [3.05, 3.63) is 29.8 Å². The Labute approximate surface area is 164 Å². The second-order valence-corrected chi connectivity index (χ2v) is 5.43. The van der Waals surface area contributed by atoms with Gasteiger partial charge in [0.1, 0.15) is 12.3 Å². The number of carboxylic acid groups (broad SMARTS) is 2. The molecule has 0 aromatic heterocycles. The number of benzene rings is 1. The van der Waals surface area contributed by atoms with Crippen LogP contribution in [0.2, 0.25) is 0 Å². The van der Waals surface area contributed by atoms with Gasteiger partial charge >= 0.3 is 5.97 Å². The summed E-state index contributed by atoms with van der Waals surface area (Å²) in [5, 5.41) is 18.4. The highest BCUT2D eigenvalue weighted by molar-refractivity contribution is 5.91. The van der Waals surface area contributed by atoms with Gasteiger partial charge in [0.05, 0.1) is 0 Å². The molecular weight excluding hydrogens is 368 g/mol. The lowest BCUT2D eigenvalue weighted by atomic mass is 10.2. The third-order valence-electron chi connectivity index (χ3n) is 2.84. The summed E-state index contributed by atoms with van der Waals surface area (Å²) in [5.41, 5.74) is 11.6. The standard InChI is InChI=1S/C11H13NO2.C5H12N2O2.C2H4O2.H3N/c1-2-3-11(14)12-10-6-4-9(8-13)5-7-10;6-3-1-2-4(7)5(8)9;1-2(3)4;/h4-8H,2-3H2,1H3,(H,12,14);4H,1-3,6-7H2,(H,8,9);1H3,(H,3,4);1H3/t;4-;;/m.0../s1. The van der Waals surface area contributed by atoms with Gasteiger partial charge in [0.25, 0.3) is 5.97 Å². The molecule has 0 unspecified atom stereocenters. The molecule has 1 rings (SSSR count). The van der Waals surface area contributed by atoms with E-state index in [9.17, 15) is 14.4 Å². The van der Waals surface area contributed by atoms with Crippen molar-refractivity contribution in [1.29, 1.82) is 0 Å². The SMILES string of the molecule is CC(=O)O.CCCC(=O)Nc1ccc(C=O)cc1.N.NCCC[C@H](N)C(=O)O. The molecule has 1 aromatic carbocycles. The van der Waals surface area contributed by atoms with Crippen LogP contribution in [-0.4, -0.2) is 46.9 Å². The first-order valence-electron chi connectivity index (χ1n) is 8.40. The summed E-state index contributed by atoms with van der Waals surface area (Å²) < 4.78 is 0. The highest BCUT2D eigenvalue weighted by Gasteiger charge is 2.08. The number of carbonyl (C=O) groups excluding carboxylic acids is 2. The molecule has 160 valence electrons. The van der Waals surface area contributed by atoms with Crippen molar-refractivity contribution in [2.75, 3.05) is 11.9 Å². The molecule has 0 spiro atoms. The van der Waals surface area contributed by atoms with Crippen molar-refractivity contribution in [1.82, 2.24) is 6.15 Å². The zero-order valence-corrected chi connectivity index (χ0v) is 16.4. The van der Waals surface area contributed by atoms with Gasteiger partial charge in [0.15, 0.2) is 0 Å². The van der Waals surface area contributed by atoms with E-state index in [2.05, 4.69) is 5.32 Å². The lowest BCUT2D eigenvalue weighted by molar-refractivity contribution is -0.138. The Balaban J connectivity index is -0.000000387. The van der Waals surface area contributed by atoms with Crippen LogP contribution in [0.5, 0.6) is 0 Å². The van der Waals surface area contributed by atoms with Crippen molar-refractivity contribution in [2.24, 2.45) is 11.5 Å². The van der Waals surface area contributed by atoms with Crippen LogP contribution in [0, 0.1) is 0 Å². The topological polar surface area (TPSA) is 208 Å².